The molecule has 0 heterocycles. The minimum atomic E-state index is -0.332. The Kier molecular flexibility index (Phi) is 5.26. The molecule has 0 amide bonds. The largest absolute Gasteiger partial charge is 0.396 e. The molecule has 90 valence electrons. The number of nitrogens with one attached hydrogen (secondary N) is 1. The quantitative estimate of drug-likeness (QED) is 0.729. The molecule has 3 N–H and O–H groups in total. The molecule has 0 bridgehead atoms. The van der Waals surface area contributed by atoms with Crippen LogP contribution < -0.4 is 11.1 Å². The lowest BCUT2D eigenvalue weighted by atomic mass is 10.0. The van der Waals surface area contributed by atoms with E-state index < -0.39 is 0 Å². The molecule has 0 aliphatic rings. The first kappa shape index (κ1) is 13.0. The molecule has 0 unspecified atom stereocenters. The highest BCUT2D eigenvalue weighted by molar-refractivity contribution is 5.47. The SMILES string of the molecule is CCC(CC)CNCc1cccc(F)c1N. The summed E-state index contributed by atoms with van der Waals surface area (Å²) in [5.74, 6) is 0.358. The first-order valence-electron chi connectivity index (χ1n) is 5.92. The average molecular weight is 224 g/mol. The number of hydrogen-bond acceptors (Lipinski definition) is 2. The van der Waals surface area contributed by atoms with Crippen LogP contribution in [0.4, 0.5) is 10.1 Å². The second-order valence-electron chi connectivity index (χ2n) is 4.13. The summed E-state index contributed by atoms with van der Waals surface area (Å²) in [6, 6.07) is 4.94. The summed E-state index contributed by atoms with van der Waals surface area (Å²) in [6.07, 6.45) is 2.34. The molecule has 0 saturated carbocycles. The normalized spacial score (nSPS) is 11.0. The Morgan fingerprint density at radius 2 is 2.00 bits per heavy atom. The minimum absolute atomic E-state index is 0.263. The van der Waals surface area contributed by atoms with Crippen molar-refractivity contribution in [3.8, 4) is 0 Å². The number of benzene rings is 1. The van der Waals surface area contributed by atoms with Crippen LogP contribution in [0.25, 0.3) is 0 Å². The molecule has 1 aromatic carbocycles. The molecule has 0 spiro atoms. The lowest BCUT2D eigenvalue weighted by Crippen LogP contribution is -2.22. The van der Waals surface area contributed by atoms with Gasteiger partial charge in [0, 0.05) is 6.54 Å². The van der Waals surface area contributed by atoms with Crippen molar-refractivity contribution in [2.45, 2.75) is 33.2 Å². The van der Waals surface area contributed by atoms with Crippen molar-refractivity contribution >= 4 is 5.69 Å². The average Bonchev–Trinajstić information content (AvgIpc) is 2.30. The van der Waals surface area contributed by atoms with E-state index in [4.69, 9.17) is 5.73 Å². The zero-order valence-corrected chi connectivity index (χ0v) is 10.1. The third kappa shape index (κ3) is 3.49. The molecular weight excluding hydrogens is 203 g/mol. The molecule has 0 saturated heterocycles. The Labute approximate surface area is 97.0 Å². The number of nitrogens with two attached hydrogens (primary N) is 1. The van der Waals surface area contributed by atoms with Gasteiger partial charge in [0.05, 0.1) is 5.69 Å². The van der Waals surface area contributed by atoms with E-state index in [0.717, 1.165) is 12.1 Å². The first-order chi connectivity index (χ1) is 7.69. The third-order valence-electron chi connectivity index (χ3n) is 3.05. The Hall–Kier alpha value is -1.09. The highest BCUT2D eigenvalue weighted by Gasteiger charge is 2.05. The number of anilines is 1. The molecule has 3 heteroatoms. The number of nitrogen functional groups attached to an aromatic ring is 1. The molecule has 1 rings (SSSR count). The standard InChI is InChI=1S/C13H21FN2/c1-3-10(4-2)8-16-9-11-6-5-7-12(14)13(11)15/h5-7,10,16H,3-4,8-9,15H2,1-2H3. The molecule has 0 aliphatic heterocycles. The fourth-order valence-corrected chi connectivity index (χ4v) is 1.72. The fraction of sp³-hybridized carbons (Fsp3) is 0.538. The molecule has 2 nitrogen and oxygen atoms in total. The number of halogens is 1. The van der Waals surface area contributed by atoms with Crippen LogP contribution in [0.3, 0.4) is 0 Å². The van der Waals surface area contributed by atoms with Gasteiger partial charge in [0.2, 0.25) is 0 Å². The van der Waals surface area contributed by atoms with Gasteiger partial charge >= 0.3 is 0 Å². The number of para-hydroxylation sites is 1. The molecule has 16 heavy (non-hydrogen) atoms. The highest BCUT2D eigenvalue weighted by Crippen LogP contribution is 2.15. The Morgan fingerprint density at radius 3 is 2.62 bits per heavy atom. The minimum Gasteiger partial charge on any atom is -0.396 e. The van der Waals surface area contributed by atoms with Crippen LogP contribution in [0.1, 0.15) is 32.3 Å². The Morgan fingerprint density at radius 1 is 1.31 bits per heavy atom. The maximum absolute atomic E-state index is 13.1. The predicted octanol–water partition coefficient (Wildman–Crippen LogP) is 2.93. The van der Waals surface area contributed by atoms with Gasteiger partial charge in [-0.1, -0.05) is 38.8 Å². The summed E-state index contributed by atoms with van der Waals surface area (Å²) in [6.45, 7) is 5.97. The van der Waals surface area contributed by atoms with Gasteiger partial charge in [-0.25, -0.2) is 4.39 Å². The van der Waals surface area contributed by atoms with Gasteiger partial charge < -0.3 is 11.1 Å². The van der Waals surface area contributed by atoms with Crippen LogP contribution >= 0.6 is 0 Å². The van der Waals surface area contributed by atoms with Gasteiger partial charge in [0.1, 0.15) is 5.82 Å². The van der Waals surface area contributed by atoms with Crippen LogP contribution in [0.2, 0.25) is 0 Å². The van der Waals surface area contributed by atoms with E-state index in [1.807, 2.05) is 6.07 Å². The van der Waals surface area contributed by atoms with Gasteiger partial charge in [0.15, 0.2) is 0 Å². The van der Waals surface area contributed by atoms with Crippen molar-refractivity contribution in [1.82, 2.24) is 5.32 Å². The molecule has 1 aromatic rings. The van der Waals surface area contributed by atoms with E-state index in [9.17, 15) is 4.39 Å². The predicted molar refractivity (Wildman–Crippen MR) is 66.6 cm³/mol. The topological polar surface area (TPSA) is 38.0 Å². The fourth-order valence-electron chi connectivity index (χ4n) is 1.72. The van der Waals surface area contributed by atoms with E-state index in [2.05, 4.69) is 19.2 Å². The molecule has 0 radical (unpaired) electrons. The number of hydrogen-bond donors (Lipinski definition) is 2. The van der Waals surface area contributed by atoms with Gasteiger partial charge in [0.25, 0.3) is 0 Å². The summed E-state index contributed by atoms with van der Waals surface area (Å²) in [7, 11) is 0. The lowest BCUT2D eigenvalue weighted by molar-refractivity contribution is 0.449. The van der Waals surface area contributed by atoms with E-state index in [1.165, 1.54) is 18.9 Å². The monoisotopic (exact) mass is 224 g/mol. The van der Waals surface area contributed by atoms with Gasteiger partial charge in [-0.2, -0.15) is 0 Å². The van der Waals surface area contributed by atoms with E-state index in [-0.39, 0.29) is 11.5 Å². The van der Waals surface area contributed by atoms with Gasteiger partial charge in [-0.15, -0.1) is 0 Å². The summed E-state index contributed by atoms with van der Waals surface area (Å²) in [5, 5.41) is 3.32. The maximum Gasteiger partial charge on any atom is 0.146 e. The summed E-state index contributed by atoms with van der Waals surface area (Å²) in [5.41, 5.74) is 6.75. The lowest BCUT2D eigenvalue weighted by Gasteiger charge is -2.14. The molecule has 0 atom stereocenters. The summed E-state index contributed by atoms with van der Waals surface area (Å²) in [4.78, 5) is 0. The summed E-state index contributed by atoms with van der Waals surface area (Å²) < 4.78 is 13.1. The molecule has 0 aliphatic carbocycles. The maximum atomic E-state index is 13.1. The van der Waals surface area contributed by atoms with Crippen molar-refractivity contribution in [3.63, 3.8) is 0 Å². The highest BCUT2D eigenvalue weighted by atomic mass is 19.1. The second-order valence-corrected chi connectivity index (χ2v) is 4.13. The van der Waals surface area contributed by atoms with Gasteiger partial charge in [-0.05, 0) is 24.1 Å². The third-order valence-corrected chi connectivity index (χ3v) is 3.05. The first-order valence-corrected chi connectivity index (χ1v) is 5.92. The van der Waals surface area contributed by atoms with Crippen LogP contribution in [0.15, 0.2) is 18.2 Å². The molecule has 0 aromatic heterocycles. The van der Waals surface area contributed by atoms with Crippen LogP contribution in [0.5, 0.6) is 0 Å². The Balaban J connectivity index is 2.46. The Bertz CT molecular complexity index is 322. The van der Waals surface area contributed by atoms with Crippen molar-refractivity contribution in [1.29, 1.82) is 0 Å². The zero-order valence-electron chi connectivity index (χ0n) is 10.1. The summed E-state index contributed by atoms with van der Waals surface area (Å²) >= 11 is 0. The van der Waals surface area contributed by atoms with Crippen molar-refractivity contribution in [3.05, 3.63) is 29.6 Å². The van der Waals surface area contributed by atoms with Gasteiger partial charge in [-0.3, -0.25) is 0 Å². The molecular formula is C13H21FN2. The second kappa shape index (κ2) is 6.48. The van der Waals surface area contributed by atoms with Crippen molar-refractivity contribution in [2.75, 3.05) is 12.3 Å². The van der Waals surface area contributed by atoms with Crippen LogP contribution in [-0.2, 0) is 6.54 Å². The smallest absolute Gasteiger partial charge is 0.146 e. The van der Waals surface area contributed by atoms with E-state index in [1.54, 1.807) is 6.07 Å². The molecule has 0 fully saturated rings. The van der Waals surface area contributed by atoms with Crippen molar-refractivity contribution < 1.29 is 4.39 Å². The van der Waals surface area contributed by atoms with Crippen LogP contribution in [-0.4, -0.2) is 6.54 Å². The van der Waals surface area contributed by atoms with E-state index >= 15 is 0 Å². The van der Waals surface area contributed by atoms with Crippen LogP contribution in [0, 0.1) is 11.7 Å². The number of rotatable bonds is 6. The van der Waals surface area contributed by atoms with Crippen molar-refractivity contribution in [2.24, 2.45) is 5.92 Å². The zero-order chi connectivity index (χ0) is 12.0. The van der Waals surface area contributed by atoms with E-state index in [0.29, 0.717) is 12.5 Å².